The summed E-state index contributed by atoms with van der Waals surface area (Å²) in [5.41, 5.74) is 1.72. The molecule has 0 aliphatic carbocycles. The van der Waals surface area contributed by atoms with Crippen LogP contribution < -0.4 is 5.32 Å². The zero-order valence-electron chi connectivity index (χ0n) is 13.4. The van der Waals surface area contributed by atoms with E-state index in [2.05, 4.69) is 5.32 Å². The number of amides is 2. The molecule has 1 aliphatic rings. The largest absolute Gasteiger partial charge is 0.481 e. The number of nitrogens with one attached hydrogen (secondary N) is 1. The van der Waals surface area contributed by atoms with Crippen molar-refractivity contribution >= 4 is 29.0 Å². The van der Waals surface area contributed by atoms with Crippen molar-refractivity contribution < 1.29 is 14.7 Å². The molecule has 1 aliphatic heterocycles. The van der Waals surface area contributed by atoms with Crippen LogP contribution in [-0.4, -0.2) is 35.1 Å². The number of aliphatic carboxylic acids is 1. The van der Waals surface area contributed by atoms with Crippen molar-refractivity contribution in [3.05, 3.63) is 41.8 Å². The number of rotatable bonds is 3. The zero-order chi connectivity index (χ0) is 17.1. The number of urea groups is 1. The van der Waals surface area contributed by atoms with Gasteiger partial charge in [-0.2, -0.15) is 0 Å². The van der Waals surface area contributed by atoms with Crippen LogP contribution in [0.1, 0.15) is 13.3 Å². The average Bonchev–Trinajstić information content (AvgIpc) is 3.09. The van der Waals surface area contributed by atoms with Crippen molar-refractivity contribution in [2.75, 3.05) is 18.4 Å². The highest BCUT2D eigenvalue weighted by Gasteiger charge is 2.32. The number of carbonyl (C=O) groups excluding carboxylic acids is 1. The minimum Gasteiger partial charge on any atom is -0.481 e. The van der Waals surface area contributed by atoms with Gasteiger partial charge in [-0.1, -0.05) is 31.2 Å². The average molecular weight is 344 g/mol. The van der Waals surface area contributed by atoms with E-state index in [0.29, 0.717) is 13.0 Å². The molecule has 5 nitrogen and oxygen atoms in total. The maximum Gasteiger partial charge on any atom is 0.321 e. The van der Waals surface area contributed by atoms with E-state index in [9.17, 15) is 14.7 Å². The lowest BCUT2D eigenvalue weighted by atomic mass is 9.91. The lowest BCUT2D eigenvalue weighted by Gasteiger charge is -2.34. The van der Waals surface area contributed by atoms with Gasteiger partial charge in [-0.15, -0.1) is 11.3 Å². The number of hydrogen-bond donors (Lipinski definition) is 2. The van der Waals surface area contributed by atoms with Gasteiger partial charge in [0.2, 0.25) is 0 Å². The summed E-state index contributed by atoms with van der Waals surface area (Å²) >= 11 is 1.61. The van der Waals surface area contributed by atoms with Crippen LogP contribution in [0.15, 0.2) is 41.8 Å². The summed E-state index contributed by atoms with van der Waals surface area (Å²) in [6, 6.07) is 11.4. The lowest BCUT2D eigenvalue weighted by Crippen LogP contribution is -2.47. The van der Waals surface area contributed by atoms with E-state index >= 15 is 0 Å². The fraction of sp³-hybridized carbons (Fsp3) is 0.333. The Labute approximate surface area is 144 Å². The van der Waals surface area contributed by atoms with Crippen LogP contribution in [0.3, 0.4) is 0 Å². The SMILES string of the molecule is CC1CC(C(=O)O)CN(C(=O)Nc2ccccc2-c2cccs2)C1. The number of carbonyl (C=O) groups is 2. The summed E-state index contributed by atoms with van der Waals surface area (Å²) in [5.74, 6) is -1.15. The van der Waals surface area contributed by atoms with Gasteiger partial charge in [0.25, 0.3) is 0 Å². The molecule has 24 heavy (non-hydrogen) atoms. The van der Waals surface area contributed by atoms with Crippen LogP contribution in [0.4, 0.5) is 10.5 Å². The van der Waals surface area contributed by atoms with Crippen molar-refractivity contribution in [3.8, 4) is 10.4 Å². The van der Waals surface area contributed by atoms with E-state index in [4.69, 9.17) is 0 Å². The molecular weight excluding hydrogens is 324 g/mol. The molecule has 2 unspecified atom stereocenters. The summed E-state index contributed by atoms with van der Waals surface area (Å²) in [6.45, 7) is 2.82. The molecule has 1 fully saturated rings. The minimum atomic E-state index is -0.835. The first-order valence-electron chi connectivity index (χ1n) is 7.96. The Bertz CT molecular complexity index is 730. The topological polar surface area (TPSA) is 69.6 Å². The fourth-order valence-corrected chi connectivity index (χ4v) is 3.90. The Morgan fingerprint density at radius 1 is 1.21 bits per heavy atom. The predicted molar refractivity (Wildman–Crippen MR) is 95.3 cm³/mol. The number of anilines is 1. The van der Waals surface area contributed by atoms with Crippen molar-refractivity contribution in [1.82, 2.24) is 4.90 Å². The van der Waals surface area contributed by atoms with Gasteiger partial charge >= 0.3 is 12.0 Å². The standard InChI is InChI=1S/C18H20N2O3S/c1-12-9-13(17(21)22)11-20(10-12)18(23)19-15-6-3-2-5-14(15)16-7-4-8-24-16/h2-8,12-13H,9-11H2,1H3,(H,19,23)(H,21,22). The number of likely N-dealkylation sites (tertiary alicyclic amines) is 1. The highest BCUT2D eigenvalue weighted by atomic mass is 32.1. The van der Waals surface area contributed by atoms with E-state index in [1.165, 1.54) is 0 Å². The number of hydrogen-bond acceptors (Lipinski definition) is 3. The van der Waals surface area contributed by atoms with Gasteiger partial charge in [-0.3, -0.25) is 4.79 Å². The van der Waals surface area contributed by atoms with Crippen LogP contribution in [0, 0.1) is 11.8 Å². The zero-order valence-corrected chi connectivity index (χ0v) is 14.3. The minimum absolute atomic E-state index is 0.179. The van der Waals surface area contributed by atoms with Crippen LogP contribution in [-0.2, 0) is 4.79 Å². The van der Waals surface area contributed by atoms with Gasteiger partial charge in [0.15, 0.2) is 0 Å². The quantitative estimate of drug-likeness (QED) is 0.884. The Morgan fingerprint density at radius 2 is 2.00 bits per heavy atom. The van der Waals surface area contributed by atoms with Crippen molar-refractivity contribution in [1.29, 1.82) is 0 Å². The van der Waals surface area contributed by atoms with E-state index in [0.717, 1.165) is 16.1 Å². The molecule has 2 aromatic rings. The summed E-state index contributed by atoms with van der Waals surface area (Å²) in [6.07, 6.45) is 0.616. The molecule has 3 rings (SSSR count). The second-order valence-corrected chi connectivity index (χ2v) is 7.18. The molecule has 0 saturated carbocycles. The third-order valence-electron chi connectivity index (χ3n) is 4.25. The summed E-state index contributed by atoms with van der Waals surface area (Å²) < 4.78 is 0. The van der Waals surface area contributed by atoms with E-state index in [1.54, 1.807) is 16.2 Å². The van der Waals surface area contributed by atoms with Crippen molar-refractivity contribution in [2.24, 2.45) is 11.8 Å². The summed E-state index contributed by atoms with van der Waals surface area (Å²) in [5, 5.41) is 14.2. The monoisotopic (exact) mass is 344 g/mol. The molecule has 1 saturated heterocycles. The molecule has 0 bridgehead atoms. The Kier molecular flexibility index (Phi) is 4.85. The molecule has 6 heteroatoms. The first-order chi connectivity index (χ1) is 11.5. The van der Waals surface area contributed by atoms with E-state index in [-0.39, 0.29) is 18.5 Å². The second kappa shape index (κ2) is 7.05. The van der Waals surface area contributed by atoms with Crippen LogP contribution >= 0.6 is 11.3 Å². The summed E-state index contributed by atoms with van der Waals surface area (Å²) in [4.78, 5) is 26.6. The molecule has 2 N–H and O–H groups in total. The molecule has 0 radical (unpaired) electrons. The Hall–Kier alpha value is -2.34. The van der Waals surface area contributed by atoms with E-state index in [1.807, 2.05) is 48.7 Å². The normalized spacial score (nSPS) is 20.6. The first-order valence-corrected chi connectivity index (χ1v) is 8.84. The predicted octanol–water partition coefficient (Wildman–Crippen LogP) is 3.99. The molecule has 2 amide bonds. The molecule has 126 valence electrons. The lowest BCUT2D eigenvalue weighted by molar-refractivity contribution is -0.143. The van der Waals surface area contributed by atoms with Crippen molar-refractivity contribution in [2.45, 2.75) is 13.3 Å². The molecular formula is C18H20N2O3S. The molecule has 2 atom stereocenters. The van der Waals surface area contributed by atoms with Crippen LogP contribution in [0.5, 0.6) is 0 Å². The first kappa shape index (κ1) is 16.5. The Morgan fingerprint density at radius 3 is 2.71 bits per heavy atom. The van der Waals surface area contributed by atoms with Gasteiger partial charge in [-0.25, -0.2) is 4.79 Å². The fourth-order valence-electron chi connectivity index (χ4n) is 3.13. The molecule has 1 aromatic carbocycles. The maximum atomic E-state index is 12.6. The number of carboxylic acid groups (broad SMARTS) is 1. The maximum absolute atomic E-state index is 12.6. The summed E-state index contributed by atoms with van der Waals surface area (Å²) in [7, 11) is 0. The van der Waals surface area contributed by atoms with Gasteiger partial charge in [0.1, 0.15) is 0 Å². The number of para-hydroxylation sites is 1. The van der Waals surface area contributed by atoms with Crippen molar-refractivity contribution in [3.63, 3.8) is 0 Å². The third-order valence-corrected chi connectivity index (χ3v) is 5.15. The van der Waals surface area contributed by atoms with Crippen LogP contribution in [0.25, 0.3) is 10.4 Å². The van der Waals surface area contributed by atoms with Gasteiger partial charge < -0.3 is 15.3 Å². The number of benzene rings is 1. The van der Waals surface area contributed by atoms with Gasteiger partial charge in [-0.05, 0) is 29.9 Å². The van der Waals surface area contributed by atoms with Gasteiger partial charge in [0.05, 0.1) is 11.6 Å². The molecule has 0 spiro atoms. The number of nitrogens with zero attached hydrogens (tertiary/aromatic N) is 1. The molecule has 2 heterocycles. The number of thiophene rings is 1. The highest BCUT2D eigenvalue weighted by Crippen LogP contribution is 2.32. The van der Waals surface area contributed by atoms with Gasteiger partial charge in [0, 0.05) is 23.5 Å². The molecule has 1 aromatic heterocycles. The number of carboxylic acids is 1. The second-order valence-electron chi connectivity index (χ2n) is 6.23. The van der Waals surface area contributed by atoms with E-state index < -0.39 is 11.9 Å². The van der Waals surface area contributed by atoms with Crippen LogP contribution in [0.2, 0.25) is 0 Å². The number of piperidine rings is 1. The highest BCUT2D eigenvalue weighted by molar-refractivity contribution is 7.13. The Balaban J connectivity index is 1.77. The third kappa shape index (κ3) is 3.59. The smallest absolute Gasteiger partial charge is 0.321 e.